The summed E-state index contributed by atoms with van der Waals surface area (Å²) in [5.41, 5.74) is 5.03. The van der Waals surface area contributed by atoms with Crippen molar-refractivity contribution >= 4 is 35.0 Å². The van der Waals surface area contributed by atoms with Crippen LogP contribution in [-0.2, 0) is 4.79 Å². The smallest absolute Gasteiger partial charge is 0.255 e. The van der Waals surface area contributed by atoms with Gasteiger partial charge in [-0.25, -0.2) is 4.98 Å². The number of primary amides is 1. The Morgan fingerprint density at radius 1 is 1.47 bits per heavy atom. The van der Waals surface area contributed by atoms with E-state index in [9.17, 15) is 9.59 Å². The SMILES string of the molecule is CC1(C(N)=O)CCN(C(=O)c2cnc(Cl)c(Cl)c2)C1. The minimum Gasteiger partial charge on any atom is -0.369 e. The number of aromatic nitrogens is 1. The molecule has 1 aromatic rings. The first-order valence-electron chi connectivity index (χ1n) is 5.74. The fraction of sp³-hybridized carbons (Fsp3) is 0.417. The lowest BCUT2D eigenvalue weighted by Crippen LogP contribution is -2.38. The Hall–Kier alpha value is -1.33. The molecule has 1 fully saturated rings. The number of nitrogens with zero attached hydrogens (tertiary/aromatic N) is 2. The highest BCUT2D eigenvalue weighted by Crippen LogP contribution is 2.30. The van der Waals surface area contributed by atoms with Gasteiger partial charge in [0, 0.05) is 19.3 Å². The Bertz CT molecular complexity index is 550. The topological polar surface area (TPSA) is 76.3 Å². The molecule has 0 aromatic carbocycles. The van der Waals surface area contributed by atoms with Gasteiger partial charge in [-0.15, -0.1) is 0 Å². The van der Waals surface area contributed by atoms with Crippen LogP contribution in [0.5, 0.6) is 0 Å². The van der Waals surface area contributed by atoms with Crippen molar-refractivity contribution in [1.29, 1.82) is 0 Å². The molecular weight excluding hydrogens is 289 g/mol. The summed E-state index contributed by atoms with van der Waals surface area (Å²) >= 11 is 11.5. The van der Waals surface area contributed by atoms with E-state index in [-0.39, 0.29) is 16.1 Å². The zero-order valence-corrected chi connectivity index (χ0v) is 11.8. The summed E-state index contributed by atoms with van der Waals surface area (Å²) in [5.74, 6) is -0.619. The van der Waals surface area contributed by atoms with Crippen LogP contribution in [-0.4, -0.2) is 34.8 Å². The third kappa shape index (κ3) is 2.67. The van der Waals surface area contributed by atoms with E-state index in [1.54, 1.807) is 11.8 Å². The van der Waals surface area contributed by atoms with Gasteiger partial charge in [0.05, 0.1) is 16.0 Å². The number of halogens is 2. The number of pyridine rings is 1. The molecule has 5 nitrogen and oxygen atoms in total. The van der Waals surface area contributed by atoms with Crippen LogP contribution in [0.2, 0.25) is 10.2 Å². The van der Waals surface area contributed by atoms with Crippen LogP contribution in [0.1, 0.15) is 23.7 Å². The number of rotatable bonds is 2. The summed E-state index contributed by atoms with van der Waals surface area (Å²) in [6.45, 7) is 2.55. The third-order valence-corrected chi connectivity index (χ3v) is 4.08. The Balaban J connectivity index is 2.18. The summed E-state index contributed by atoms with van der Waals surface area (Å²) in [6.07, 6.45) is 1.93. The summed E-state index contributed by atoms with van der Waals surface area (Å²) in [4.78, 5) is 29.0. The van der Waals surface area contributed by atoms with Crippen molar-refractivity contribution in [1.82, 2.24) is 9.88 Å². The Labute approximate surface area is 120 Å². The normalized spacial score (nSPS) is 22.6. The molecule has 1 unspecified atom stereocenters. The van der Waals surface area contributed by atoms with Crippen LogP contribution < -0.4 is 5.73 Å². The first kappa shape index (κ1) is 14.1. The molecule has 2 heterocycles. The van der Waals surface area contributed by atoms with Crippen LogP contribution in [0, 0.1) is 5.41 Å². The zero-order chi connectivity index (χ0) is 14.2. The molecule has 1 aromatic heterocycles. The van der Waals surface area contributed by atoms with Crippen LogP contribution in [0.4, 0.5) is 0 Å². The first-order valence-corrected chi connectivity index (χ1v) is 6.49. The van der Waals surface area contributed by atoms with E-state index in [0.29, 0.717) is 25.1 Å². The maximum atomic E-state index is 12.3. The molecular formula is C12H13Cl2N3O2. The second-order valence-corrected chi connectivity index (χ2v) is 5.66. The Kier molecular flexibility index (Phi) is 3.69. The van der Waals surface area contributed by atoms with Crippen LogP contribution in [0.25, 0.3) is 0 Å². The van der Waals surface area contributed by atoms with E-state index in [0.717, 1.165) is 0 Å². The second kappa shape index (κ2) is 4.98. The number of carbonyl (C=O) groups excluding carboxylic acids is 2. The third-order valence-electron chi connectivity index (χ3n) is 3.40. The minimum absolute atomic E-state index is 0.154. The highest BCUT2D eigenvalue weighted by molar-refractivity contribution is 6.41. The zero-order valence-electron chi connectivity index (χ0n) is 10.3. The van der Waals surface area contributed by atoms with Crippen molar-refractivity contribution in [2.45, 2.75) is 13.3 Å². The predicted molar refractivity (Wildman–Crippen MR) is 72.1 cm³/mol. The van der Waals surface area contributed by atoms with Gasteiger partial charge in [0.2, 0.25) is 5.91 Å². The lowest BCUT2D eigenvalue weighted by molar-refractivity contribution is -0.126. The van der Waals surface area contributed by atoms with E-state index in [2.05, 4.69) is 4.98 Å². The fourth-order valence-corrected chi connectivity index (χ4v) is 2.33. The second-order valence-electron chi connectivity index (χ2n) is 4.90. The average molecular weight is 302 g/mol. The molecule has 1 aliphatic rings. The van der Waals surface area contributed by atoms with Crippen LogP contribution in [0.3, 0.4) is 0 Å². The van der Waals surface area contributed by atoms with Crippen molar-refractivity contribution < 1.29 is 9.59 Å². The summed E-state index contributed by atoms with van der Waals surface area (Å²) in [7, 11) is 0. The van der Waals surface area contributed by atoms with Crippen molar-refractivity contribution in [3.05, 3.63) is 28.0 Å². The molecule has 0 radical (unpaired) electrons. The molecule has 1 saturated heterocycles. The monoisotopic (exact) mass is 301 g/mol. The van der Waals surface area contributed by atoms with E-state index in [1.165, 1.54) is 12.3 Å². The molecule has 0 bridgehead atoms. The Morgan fingerprint density at radius 2 is 2.16 bits per heavy atom. The molecule has 2 rings (SSSR count). The van der Waals surface area contributed by atoms with Crippen molar-refractivity contribution in [2.24, 2.45) is 11.1 Å². The molecule has 19 heavy (non-hydrogen) atoms. The summed E-state index contributed by atoms with van der Waals surface area (Å²) in [6, 6.07) is 1.47. The maximum Gasteiger partial charge on any atom is 0.255 e. The van der Waals surface area contributed by atoms with Crippen LogP contribution >= 0.6 is 23.2 Å². The number of hydrogen-bond donors (Lipinski definition) is 1. The van der Waals surface area contributed by atoms with Gasteiger partial charge in [-0.05, 0) is 19.4 Å². The number of hydrogen-bond acceptors (Lipinski definition) is 3. The van der Waals surface area contributed by atoms with Gasteiger partial charge in [-0.2, -0.15) is 0 Å². The van der Waals surface area contributed by atoms with E-state index < -0.39 is 11.3 Å². The van der Waals surface area contributed by atoms with E-state index in [1.807, 2.05) is 0 Å². The first-order chi connectivity index (χ1) is 8.83. The molecule has 1 aliphatic heterocycles. The lowest BCUT2D eigenvalue weighted by atomic mass is 9.89. The lowest BCUT2D eigenvalue weighted by Gasteiger charge is -2.21. The van der Waals surface area contributed by atoms with Gasteiger partial charge < -0.3 is 10.6 Å². The van der Waals surface area contributed by atoms with Gasteiger partial charge in [0.1, 0.15) is 5.15 Å². The van der Waals surface area contributed by atoms with Gasteiger partial charge in [0.25, 0.3) is 5.91 Å². The summed E-state index contributed by atoms with van der Waals surface area (Å²) in [5, 5.41) is 0.381. The van der Waals surface area contributed by atoms with Gasteiger partial charge in [-0.3, -0.25) is 9.59 Å². The van der Waals surface area contributed by atoms with Gasteiger partial charge in [-0.1, -0.05) is 23.2 Å². The number of nitrogens with two attached hydrogens (primary N) is 1. The molecule has 1 atom stereocenters. The number of likely N-dealkylation sites (tertiary alicyclic amines) is 1. The van der Waals surface area contributed by atoms with Gasteiger partial charge in [0.15, 0.2) is 0 Å². The number of carbonyl (C=O) groups is 2. The molecule has 0 spiro atoms. The predicted octanol–water partition coefficient (Wildman–Crippen LogP) is 1.73. The molecule has 2 N–H and O–H groups in total. The molecule has 7 heteroatoms. The highest BCUT2D eigenvalue weighted by atomic mass is 35.5. The Morgan fingerprint density at radius 3 is 2.68 bits per heavy atom. The number of amides is 2. The molecule has 102 valence electrons. The maximum absolute atomic E-state index is 12.3. The standard InChI is InChI=1S/C12H13Cl2N3O2/c1-12(11(15)19)2-3-17(6-12)10(18)7-4-8(13)9(14)16-5-7/h4-5H,2-3,6H2,1H3,(H2,15,19). The van der Waals surface area contributed by atoms with Gasteiger partial charge >= 0.3 is 0 Å². The van der Waals surface area contributed by atoms with Crippen molar-refractivity contribution in [3.63, 3.8) is 0 Å². The largest absolute Gasteiger partial charge is 0.369 e. The molecule has 0 saturated carbocycles. The van der Waals surface area contributed by atoms with E-state index >= 15 is 0 Å². The molecule has 0 aliphatic carbocycles. The average Bonchev–Trinajstić information content (AvgIpc) is 2.76. The molecule has 2 amide bonds. The quantitative estimate of drug-likeness (QED) is 0.845. The minimum atomic E-state index is -0.667. The van der Waals surface area contributed by atoms with E-state index in [4.69, 9.17) is 28.9 Å². The van der Waals surface area contributed by atoms with Crippen molar-refractivity contribution in [3.8, 4) is 0 Å². The van der Waals surface area contributed by atoms with Crippen LogP contribution in [0.15, 0.2) is 12.3 Å². The van der Waals surface area contributed by atoms with Crippen molar-refractivity contribution in [2.75, 3.05) is 13.1 Å². The highest BCUT2D eigenvalue weighted by Gasteiger charge is 2.40. The summed E-state index contributed by atoms with van der Waals surface area (Å²) < 4.78 is 0. The fourth-order valence-electron chi connectivity index (χ4n) is 2.06.